The molecule has 0 unspecified atom stereocenters. The third kappa shape index (κ3) is 6.25. The lowest BCUT2D eigenvalue weighted by molar-refractivity contribution is -0.142. The smallest absolute Gasteiger partial charge is 0.303 e. The molecule has 2 N–H and O–H groups in total. The van der Waals surface area contributed by atoms with Crippen molar-refractivity contribution in [1.82, 2.24) is 19.8 Å². The summed E-state index contributed by atoms with van der Waals surface area (Å²) in [5.74, 6) is -0.804. The molecular weight excluding hydrogens is 518 g/mol. The van der Waals surface area contributed by atoms with Crippen LogP contribution in [0.3, 0.4) is 0 Å². The van der Waals surface area contributed by atoms with Crippen LogP contribution in [0.2, 0.25) is 0 Å². The van der Waals surface area contributed by atoms with Gasteiger partial charge < -0.3 is 20.2 Å². The van der Waals surface area contributed by atoms with Crippen LogP contribution in [0, 0.1) is 5.41 Å². The molecule has 11 heteroatoms. The van der Waals surface area contributed by atoms with Crippen LogP contribution in [-0.4, -0.2) is 74.7 Å². The molecule has 0 radical (unpaired) electrons. The number of hydrogen-bond acceptors (Lipinski definition) is 7. The van der Waals surface area contributed by atoms with Gasteiger partial charge in [-0.3, -0.25) is 19.2 Å². The number of aliphatic carboxylic acids is 1. The zero-order valence-corrected chi connectivity index (χ0v) is 22.4. The van der Waals surface area contributed by atoms with E-state index in [1.807, 2.05) is 22.5 Å². The first kappa shape index (κ1) is 26.7. The fraction of sp³-hybridized carbons (Fsp3) is 0.429. The minimum Gasteiger partial charge on any atom is -0.481 e. The number of carbonyl (C=O) groups excluding carboxylic acids is 3. The first-order valence-electron chi connectivity index (χ1n) is 13.1. The first-order chi connectivity index (χ1) is 18.8. The molecular formula is C28H31N5O5S. The molecule has 2 aromatic rings. The second-order valence-corrected chi connectivity index (χ2v) is 11.3. The number of carboxylic acid groups (broad SMARTS) is 1. The Morgan fingerprint density at radius 1 is 1.13 bits per heavy atom. The van der Waals surface area contributed by atoms with Gasteiger partial charge in [-0.15, -0.1) is 11.3 Å². The molecule has 1 saturated heterocycles. The van der Waals surface area contributed by atoms with Gasteiger partial charge >= 0.3 is 5.97 Å². The number of piperidine rings is 1. The van der Waals surface area contributed by atoms with Crippen LogP contribution in [0.1, 0.15) is 48.2 Å². The van der Waals surface area contributed by atoms with Gasteiger partial charge in [-0.25, -0.2) is 9.97 Å². The molecule has 0 atom stereocenters. The van der Waals surface area contributed by atoms with E-state index in [1.165, 1.54) is 5.57 Å². The van der Waals surface area contributed by atoms with Crippen molar-refractivity contribution in [3.8, 4) is 0 Å². The average Bonchev–Trinajstić information content (AvgIpc) is 3.45. The number of anilines is 1. The summed E-state index contributed by atoms with van der Waals surface area (Å²) in [5.41, 5.74) is 2.37. The van der Waals surface area contributed by atoms with E-state index in [2.05, 4.69) is 21.4 Å². The highest BCUT2D eigenvalue weighted by atomic mass is 32.1. The van der Waals surface area contributed by atoms with Crippen molar-refractivity contribution >= 4 is 46.9 Å². The zero-order valence-electron chi connectivity index (χ0n) is 21.6. The van der Waals surface area contributed by atoms with Gasteiger partial charge in [-0.1, -0.05) is 11.6 Å². The number of pyridine rings is 1. The number of carboxylic acids is 1. The molecule has 1 fully saturated rings. The second-order valence-electron chi connectivity index (χ2n) is 10.3. The summed E-state index contributed by atoms with van der Waals surface area (Å²) in [7, 11) is 0. The number of likely N-dealkylation sites (tertiary alicyclic amines) is 1. The maximum atomic E-state index is 13.0. The number of thiazole rings is 1. The van der Waals surface area contributed by atoms with E-state index in [9.17, 15) is 19.2 Å². The van der Waals surface area contributed by atoms with Crippen molar-refractivity contribution in [3.05, 3.63) is 57.7 Å². The monoisotopic (exact) mass is 549 g/mol. The van der Waals surface area contributed by atoms with Gasteiger partial charge in [0.1, 0.15) is 5.82 Å². The van der Waals surface area contributed by atoms with Crippen molar-refractivity contribution < 1.29 is 24.3 Å². The van der Waals surface area contributed by atoms with Gasteiger partial charge in [0.2, 0.25) is 17.7 Å². The molecule has 204 valence electrons. The van der Waals surface area contributed by atoms with E-state index >= 15 is 0 Å². The van der Waals surface area contributed by atoms with Crippen LogP contribution >= 0.6 is 11.3 Å². The highest BCUT2D eigenvalue weighted by Crippen LogP contribution is 2.41. The van der Waals surface area contributed by atoms with Crippen molar-refractivity contribution in [2.75, 3.05) is 31.5 Å². The molecule has 10 nitrogen and oxygen atoms in total. The Kier molecular flexibility index (Phi) is 7.87. The zero-order chi connectivity index (χ0) is 27.4. The highest BCUT2D eigenvalue weighted by Gasteiger charge is 2.45. The molecule has 3 aliphatic heterocycles. The summed E-state index contributed by atoms with van der Waals surface area (Å²) < 4.78 is 0. The summed E-state index contributed by atoms with van der Waals surface area (Å²) in [6, 6.07) is 1.96. The van der Waals surface area contributed by atoms with Crippen molar-refractivity contribution in [1.29, 1.82) is 0 Å². The second kappa shape index (κ2) is 11.5. The number of aromatic nitrogens is 2. The summed E-state index contributed by atoms with van der Waals surface area (Å²) in [5, 5.41) is 14.8. The first-order valence-corrected chi connectivity index (χ1v) is 14.0. The third-order valence-corrected chi connectivity index (χ3v) is 8.53. The van der Waals surface area contributed by atoms with E-state index in [4.69, 9.17) is 5.11 Å². The molecule has 3 amide bonds. The van der Waals surface area contributed by atoms with Crippen LogP contribution < -0.4 is 5.32 Å². The Morgan fingerprint density at radius 3 is 2.64 bits per heavy atom. The SMILES string of the molecule is O=C(O)CCC(=O)N1CCC2(CC1)Cc1cc(/C=C/C(=O)N3CC=C(Cc4nccs4)CC3)cnc1NC2=O. The number of nitrogens with zero attached hydrogens (tertiary/aromatic N) is 4. The predicted octanol–water partition coefficient (Wildman–Crippen LogP) is 2.92. The fourth-order valence-corrected chi connectivity index (χ4v) is 6.06. The van der Waals surface area contributed by atoms with Crippen LogP contribution in [0.25, 0.3) is 6.08 Å². The van der Waals surface area contributed by atoms with E-state index in [0.717, 1.165) is 29.0 Å². The Balaban J connectivity index is 1.18. The summed E-state index contributed by atoms with van der Waals surface area (Å²) >= 11 is 1.64. The maximum Gasteiger partial charge on any atom is 0.303 e. The van der Waals surface area contributed by atoms with Gasteiger partial charge in [0, 0.05) is 62.9 Å². The molecule has 0 saturated carbocycles. The molecule has 0 aromatic carbocycles. The number of nitrogens with one attached hydrogen (secondary N) is 1. The third-order valence-electron chi connectivity index (χ3n) is 7.75. The Bertz CT molecular complexity index is 1330. The Morgan fingerprint density at radius 2 is 1.95 bits per heavy atom. The van der Waals surface area contributed by atoms with Crippen molar-refractivity contribution in [3.63, 3.8) is 0 Å². The van der Waals surface area contributed by atoms with Gasteiger partial charge in [0.25, 0.3) is 0 Å². The van der Waals surface area contributed by atoms with Gasteiger partial charge in [-0.05, 0) is 49.0 Å². The lowest BCUT2D eigenvalue weighted by atomic mass is 9.71. The average molecular weight is 550 g/mol. The normalized spacial score (nSPS) is 18.6. The number of amides is 3. The van der Waals surface area contributed by atoms with E-state index in [0.29, 0.717) is 51.3 Å². The summed E-state index contributed by atoms with van der Waals surface area (Å²) in [6.07, 6.45) is 11.9. The molecule has 1 spiro atoms. The molecule has 5 heterocycles. The van der Waals surface area contributed by atoms with Crippen molar-refractivity contribution in [2.45, 2.75) is 44.9 Å². The van der Waals surface area contributed by atoms with Crippen molar-refractivity contribution in [2.24, 2.45) is 5.41 Å². The van der Waals surface area contributed by atoms with E-state index < -0.39 is 11.4 Å². The number of rotatable bonds is 7. The Hall–Kier alpha value is -3.86. The van der Waals surface area contributed by atoms with Gasteiger partial charge in [-0.2, -0.15) is 0 Å². The summed E-state index contributed by atoms with van der Waals surface area (Å²) in [4.78, 5) is 61.1. The quantitative estimate of drug-likeness (QED) is 0.401. The van der Waals surface area contributed by atoms with Crippen LogP contribution in [-0.2, 0) is 32.0 Å². The standard InChI is InChI=1S/C28H31N5O5S/c34-23(32-10-5-19(6-11-32)16-22-29-9-14-39-22)2-1-20-15-21-17-28(27(38)31-26(21)30-18-20)7-12-33(13-8-28)24(35)3-4-25(36)37/h1-2,5,9,14-15,18H,3-4,6-8,10-13,16-17H2,(H,36,37)(H,30,31,38)/b2-1+. The van der Waals surface area contributed by atoms with Gasteiger partial charge in [0.15, 0.2) is 0 Å². The Labute approximate surface area is 230 Å². The number of fused-ring (bicyclic) bond motifs is 1. The van der Waals surface area contributed by atoms with Crippen LogP contribution in [0.15, 0.2) is 41.6 Å². The van der Waals surface area contributed by atoms with E-state index in [-0.39, 0.29) is 30.6 Å². The molecule has 0 aliphatic carbocycles. The number of hydrogen-bond donors (Lipinski definition) is 2. The minimum atomic E-state index is -0.997. The lowest BCUT2D eigenvalue weighted by Gasteiger charge is -2.43. The highest BCUT2D eigenvalue weighted by molar-refractivity contribution is 7.09. The molecule has 3 aliphatic rings. The lowest BCUT2D eigenvalue weighted by Crippen LogP contribution is -2.51. The fourth-order valence-electron chi connectivity index (χ4n) is 5.39. The predicted molar refractivity (Wildman–Crippen MR) is 146 cm³/mol. The topological polar surface area (TPSA) is 133 Å². The van der Waals surface area contributed by atoms with Gasteiger partial charge in [0.05, 0.1) is 16.8 Å². The minimum absolute atomic E-state index is 0.0306. The number of carbonyl (C=O) groups is 4. The molecule has 0 bridgehead atoms. The molecule has 5 rings (SSSR count). The summed E-state index contributed by atoms with van der Waals surface area (Å²) in [6.45, 7) is 2.08. The molecule has 39 heavy (non-hydrogen) atoms. The molecule has 2 aromatic heterocycles. The van der Waals surface area contributed by atoms with Crippen LogP contribution in [0.4, 0.5) is 5.82 Å². The van der Waals surface area contributed by atoms with Crippen LogP contribution in [0.5, 0.6) is 0 Å². The maximum absolute atomic E-state index is 13.0. The van der Waals surface area contributed by atoms with E-state index in [1.54, 1.807) is 34.6 Å². The largest absolute Gasteiger partial charge is 0.481 e.